The molecule has 34 heavy (non-hydrogen) atoms. The molecule has 3 rings (SSSR count). The van der Waals surface area contributed by atoms with Crippen LogP contribution in [0.1, 0.15) is 52.7 Å². The number of benzene rings is 2. The summed E-state index contributed by atoms with van der Waals surface area (Å²) < 4.78 is 33.2. The Kier molecular flexibility index (Phi) is 7.10. The number of nitrogens with zero attached hydrogens (tertiary/aromatic N) is 1. The van der Waals surface area contributed by atoms with Gasteiger partial charge in [-0.15, -0.1) is 0 Å². The molecule has 0 radical (unpaired) electrons. The molecule has 1 aliphatic heterocycles. The van der Waals surface area contributed by atoms with E-state index in [2.05, 4.69) is 10.0 Å². The molecule has 0 spiro atoms. The second kappa shape index (κ2) is 9.38. The highest BCUT2D eigenvalue weighted by molar-refractivity contribution is 7.89. The SMILES string of the molecule is CC(C)(C)NS(=O)(=O)c1ccc(NC(=O)C2Cc3ccccc3CN2C(=O)OC(C)(C)C)cc1. The number of carbonyl (C=O) groups excluding carboxylic acids is 2. The van der Waals surface area contributed by atoms with Crippen molar-refractivity contribution in [1.82, 2.24) is 9.62 Å². The Morgan fingerprint density at radius 3 is 2.09 bits per heavy atom. The lowest BCUT2D eigenvalue weighted by Crippen LogP contribution is -2.52. The van der Waals surface area contributed by atoms with Crippen molar-refractivity contribution in [2.75, 3.05) is 5.32 Å². The minimum absolute atomic E-state index is 0.0994. The summed E-state index contributed by atoms with van der Waals surface area (Å²) in [7, 11) is -3.69. The van der Waals surface area contributed by atoms with Crippen molar-refractivity contribution in [2.45, 2.75) is 76.6 Å². The second-order valence-corrected chi connectivity index (χ2v) is 12.1. The second-order valence-electron chi connectivity index (χ2n) is 10.5. The summed E-state index contributed by atoms with van der Waals surface area (Å²) >= 11 is 0. The molecular formula is C25H33N3O5S. The normalized spacial score (nSPS) is 16.5. The zero-order valence-electron chi connectivity index (χ0n) is 20.5. The van der Waals surface area contributed by atoms with Crippen molar-refractivity contribution in [3.05, 3.63) is 59.7 Å². The number of carbonyl (C=O) groups is 2. The lowest BCUT2D eigenvalue weighted by Gasteiger charge is -2.36. The van der Waals surface area contributed by atoms with Gasteiger partial charge in [0.2, 0.25) is 15.9 Å². The molecule has 0 saturated carbocycles. The van der Waals surface area contributed by atoms with Gasteiger partial charge in [-0.25, -0.2) is 17.9 Å². The summed E-state index contributed by atoms with van der Waals surface area (Å²) in [5, 5.41) is 2.81. The highest BCUT2D eigenvalue weighted by Crippen LogP contribution is 2.26. The molecule has 1 aliphatic rings. The molecule has 184 valence electrons. The highest BCUT2D eigenvalue weighted by Gasteiger charge is 2.37. The maximum Gasteiger partial charge on any atom is 0.411 e. The van der Waals surface area contributed by atoms with Crippen LogP contribution in [-0.2, 0) is 32.5 Å². The zero-order valence-corrected chi connectivity index (χ0v) is 21.3. The third kappa shape index (κ3) is 6.57. The molecule has 2 amide bonds. The fourth-order valence-corrected chi connectivity index (χ4v) is 5.09. The maximum absolute atomic E-state index is 13.2. The van der Waals surface area contributed by atoms with Crippen molar-refractivity contribution in [3.63, 3.8) is 0 Å². The quantitative estimate of drug-likeness (QED) is 0.677. The molecular weight excluding hydrogens is 454 g/mol. The predicted octanol–water partition coefficient (Wildman–Crippen LogP) is 4.06. The van der Waals surface area contributed by atoms with Gasteiger partial charge in [0.25, 0.3) is 0 Å². The van der Waals surface area contributed by atoms with Gasteiger partial charge >= 0.3 is 6.09 Å². The molecule has 1 atom stereocenters. The van der Waals surface area contributed by atoms with Gasteiger partial charge in [0, 0.05) is 17.6 Å². The molecule has 9 heteroatoms. The fraction of sp³-hybridized carbons (Fsp3) is 0.440. The number of rotatable bonds is 4. The van der Waals surface area contributed by atoms with Crippen LogP contribution in [0, 0.1) is 0 Å². The van der Waals surface area contributed by atoms with Gasteiger partial charge in [0.15, 0.2) is 0 Å². The van der Waals surface area contributed by atoms with Crippen LogP contribution in [0.15, 0.2) is 53.4 Å². The van der Waals surface area contributed by atoms with E-state index in [0.29, 0.717) is 12.1 Å². The lowest BCUT2D eigenvalue weighted by atomic mass is 9.93. The van der Waals surface area contributed by atoms with Crippen molar-refractivity contribution in [1.29, 1.82) is 0 Å². The summed E-state index contributed by atoms with van der Waals surface area (Å²) in [5.41, 5.74) is 1.09. The molecule has 2 aromatic rings. The molecule has 1 heterocycles. The third-order valence-corrected chi connectivity index (χ3v) is 6.83. The number of amides is 2. The maximum atomic E-state index is 13.2. The first-order valence-corrected chi connectivity index (χ1v) is 12.6. The largest absolute Gasteiger partial charge is 0.444 e. The van der Waals surface area contributed by atoms with Crippen molar-refractivity contribution in [2.24, 2.45) is 0 Å². The van der Waals surface area contributed by atoms with Crippen LogP contribution in [0.25, 0.3) is 0 Å². The van der Waals surface area contributed by atoms with Crippen LogP contribution in [0.3, 0.4) is 0 Å². The van der Waals surface area contributed by atoms with E-state index in [0.717, 1.165) is 11.1 Å². The number of nitrogens with one attached hydrogen (secondary N) is 2. The van der Waals surface area contributed by atoms with Crippen LogP contribution in [-0.4, -0.2) is 42.5 Å². The lowest BCUT2D eigenvalue weighted by molar-refractivity contribution is -0.121. The topological polar surface area (TPSA) is 105 Å². The molecule has 0 bridgehead atoms. The van der Waals surface area contributed by atoms with Crippen LogP contribution in [0.5, 0.6) is 0 Å². The Morgan fingerprint density at radius 1 is 0.941 bits per heavy atom. The highest BCUT2D eigenvalue weighted by atomic mass is 32.2. The average Bonchev–Trinajstić information content (AvgIpc) is 2.70. The standard InChI is InChI=1S/C25H33N3O5S/c1-24(2,3)27-34(31,32)20-13-11-19(12-14-20)26-22(29)21-15-17-9-7-8-10-18(17)16-28(21)23(30)33-25(4,5)6/h7-14,21,27H,15-16H2,1-6H3,(H,26,29). The van der Waals surface area contributed by atoms with Crippen LogP contribution >= 0.6 is 0 Å². The van der Waals surface area contributed by atoms with Crippen LogP contribution < -0.4 is 10.0 Å². The molecule has 2 N–H and O–H groups in total. The molecule has 8 nitrogen and oxygen atoms in total. The van der Waals surface area contributed by atoms with E-state index >= 15 is 0 Å². The summed E-state index contributed by atoms with van der Waals surface area (Å²) in [4.78, 5) is 27.7. The smallest absolute Gasteiger partial charge is 0.411 e. The van der Waals surface area contributed by atoms with Gasteiger partial charge in [0.05, 0.1) is 11.4 Å². The van der Waals surface area contributed by atoms with E-state index in [1.165, 1.54) is 29.2 Å². The van der Waals surface area contributed by atoms with Gasteiger partial charge in [-0.05, 0) is 76.9 Å². The van der Waals surface area contributed by atoms with Crippen molar-refractivity contribution < 1.29 is 22.7 Å². The molecule has 0 aliphatic carbocycles. The van der Waals surface area contributed by atoms with E-state index in [1.807, 2.05) is 24.3 Å². The first kappa shape index (κ1) is 25.7. The van der Waals surface area contributed by atoms with Crippen molar-refractivity contribution in [3.8, 4) is 0 Å². The minimum atomic E-state index is -3.69. The van der Waals surface area contributed by atoms with Gasteiger partial charge < -0.3 is 10.1 Å². The minimum Gasteiger partial charge on any atom is -0.444 e. The Bertz CT molecular complexity index is 1160. The van der Waals surface area contributed by atoms with E-state index in [1.54, 1.807) is 41.5 Å². The average molecular weight is 488 g/mol. The summed E-state index contributed by atoms with van der Waals surface area (Å²) in [6.45, 7) is 10.9. The molecule has 0 aromatic heterocycles. The number of hydrogen-bond acceptors (Lipinski definition) is 5. The first-order valence-electron chi connectivity index (χ1n) is 11.2. The Hall–Kier alpha value is -2.91. The number of ether oxygens (including phenoxy) is 1. The molecule has 0 saturated heterocycles. The van der Waals surface area contributed by atoms with Crippen LogP contribution in [0.4, 0.5) is 10.5 Å². The van der Waals surface area contributed by atoms with Gasteiger partial charge in [-0.3, -0.25) is 9.69 Å². The monoisotopic (exact) mass is 487 g/mol. The van der Waals surface area contributed by atoms with Crippen molar-refractivity contribution >= 4 is 27.7 Å². The number of sulfonamides is 1. The summed E-state index contributed by atoms with van der Waals surface area (Å²) in [6, 6.07) is 12.9. The number of fused-ring (bicyclic) bond motifs is 1. The predicted molar refractivity (Wildman–Crippen MR) is 131 cm³/mol. The number of anilines is 1. The van der Waals surface area contributed by atoms with Crippen LogP contribution in [0.2, 0.25) is 0 Å². The first-order chi connectivity index (χ1) is 15.6. The van der Waals surface area contributed by atoms with E-state index in [9.17, 15) is 18.0 Å². The van der Waals surface area contributed by atoms with Gasteiger partial charge in [0.1, 0.15) is 11.6 Å². The van der Waals surface area contributed by atoms with E-state index in [-0.39, 0.29) is 17.3 Å². The molecule has 0 fully saturated rings. The Labute approximate surface area is 201 Å². The Balaban J connectivity index is 1.80. The van der Waals surface area contributed by atoms with Gasteiger partial charge in [-0.1, -0.05) is 24.3 Å². The summed E-state index contributed by atoms with van der Waals surface area (Å²) in [5.74, 6) is -0.371. The van der Waals surface area contributed by atoms with E-state index < -0.39 is 33.3 Å². The summed E-state index contributed by atoms with van der Waals surface area (Å²) in [6.07, 6.45) is -0.208. The Morgan fingerprint density at radius 2 is 1.53 bits per heavy atom. The van der Waals surface area contributed by atoms with Gasteiger partial charge in [-0.2, -0.15) is 0 Å². The third-order valence-electron chi connectivity index (χ3n) is 5.05. The zero-order chi connectivity index (χ0) is 25.3. The van der Waals surface area contributed by atoms with E-state index in [4.69, 9.17) is 4.74 Å². The molecule has 2 aromatic carbocycles. The number of hydrogen-bond donors (Lipinski definition) is 2. The molecule has 1 unspecified atom stereocenters. The fourth-order valence-electron chi connectivity index (χ4n) is 3.67.